The van der Waals surface area contributed by atoms with E-state index in [1.165, 1.54) is 29.5 Å². The number of hydrogen-bond donors (Lipinski definition) is 2. The van der Waals surface area contributed by atoms with Crippen LogP contribution in [0.25, 0.3) is 0 Å². The fourth-order valence-electron chi connectivity index (χ4n) is 1.88. The van der Waals surface area contributed by atoms with Crippen LogP contribution in [0.5, 0.6) is 0 Å². The summed E-state index contributed by atoms with van der Waals surface area (Å²) in [5.74, 6) is -0.472. The van der Waals surface area contributed by atoms with Crippen LogP contribution < -0.4 is 10.6 Å². The van der Waals surface area contributed by atoms with Gasteiger partial charge in [-0.1, -0.05) is 18.3 Å². The molecule has 0 bridgehead atoms. The van der Waals surface area contributed by atoms with Crippen LogP contribution >= 0.6 is 11.3 Å². The standard InChI is InChI=1S/C14H17N5O4S/c1-3-12-17-18-14(24-12)16-13(20)9-4-5-10(15-6-7-23-2)11(8-9)19(21)22/h4-5,8,15H,3,6-7H2,1-2H3,(H,16,18,20). The van der Waals surface area contributed by atoms with E-state index in [0.717, 1.165) is 11.4 Å². The topological polar surface area (TPSA) is 119 Å². The maximum Gasteiger partial charge on any atom is 0.293 e. The summed E-state index contributed by atoms with van der Waals surface area (Å²) in [7, 11) is 1.54. The molecule has 2 rings (SSSR count). The van der Waals surface area contributed by atoms with E-state index in [-0.39, 0.29) is 11.3 Å². The average Bonchev–Trinajstić information content (AvgIpc) is 3.02. The third-order valence-corrected chi connectivity index (χ3v) is 4.05. The molecule has 9 nitrogen and oxygen atoms in total. The Bertz CT molecular complexity index is 734. The van der Waals surface area contributed by atoms with E-state index in [0.29, 0.717) is 24.0 Å². The van der Waals surface area contributed by atoms with Gasteiger partial charge < -0.3 is 10.1 Å². The minimum absolute atomic E-state index is 0.173. The molecule has 1 aromatic carbocycles. The van der Waals surface area contributed by atoms with E-state index >= 15 is 0 Å². The van der Waals surface area contributed by atoms with Gasteiger partial charge in [0.15, 0.2) is 0 Å². The Morgan fingerprint density at radius 1 is 1.42 bits per heavy atom. The van der Waals surface area contributed by atoms with E-state index in [2.05, 4.69) is 20.8 Å². The highest BCUT2D eigenvalue weighted by atomic mass is 32.1. The van der Waals surface area contributed by atoms with Gasteiger partial charge in [0.1, 0.15) is 10.7 Å². The van der Waals surface area contributed by atoms with Crippen molar-refractivity contribution in [2.45, 2.75) is 13.3 Å². The molecule has 10 heteroatoms. The number of benzene rings is 1. The number of ether oxygens (including phenoxy) is 1. The van der Waals surface area contributed by atoms with Gasteiger partial charge >= 0.3 is 0 Å². The molecule has 0 atom stereocenters. The second-order valence-corrected chi connectivity index (χ2v) is 5.78. The summed E-state index contributed by atoms with van der Waals surface area (Å²) in [6.45, 7) is 2.77. The second kappa shape index (κ2) is 8.31. The smallest absolute Gasteiger partial charge is 0.293 e. The van der Waals surface area contributed by atoms with Gasteiger partial charge in [0, 0.05) is 25.3 Å². The summed E-state index contributed by atoms with van der Waals surface area (Å²) in [4.78, 5) is 22.9. The highest BCUT2D eigenvalue weighted by molar-refractivity contribution is 7.15. The predicted octanol–water partition coefficient (Wildman–Crippen LogP) is 2.32. The first kappa shape index (κ1) is 17.8. The van der Waals surface area contributed by atoms with E-state index in [1.807, 2.05) is 6.92 Å². The van der Waals surface area contributed by atoms with Crippen molar-refractivity contribution >= 4 is 33.8 Å². The number of aryl methyl sites for hydroxylation is 1. The number of nitrogens with zero attached hydrogens (tertiary/aromatic N) is 3. The van der Waals surface area contributed by atoms with Crippen LogP contribution in [0.3, 0.4) is 0 Å². The third kappa shape index (κ3) is 4.46. The lowest BCUT2D eigenvalue weighted by Crippen LogP contribution is -2.13. The van der Waals surface area contributed by atoms with Crippen molar-refractivity contribution in [2.75, 3.05) is 30.9 Å². The molecule has 0 radical (unpaired) electrons. The van der Waals surface area contributed by atoms with Gasteiger partial charge in [0.05, 0.1) is 11.5 Å². The first-order chi connectivity index (χ1) is 11.5. The normalized spacial score (nSPS) is 10.4. The molecule has 2 aromatic rings. The van der Waals surface area contributed by atoms with Gasteiger partial charge in [-0.25, -0.2) is 0 Å². The number of amides is 1. The van der Waals surface area contributed by atoms with Crippen molar-refractivity contribution in [3.05, 3.63) is 38.9 Å². The van der Waals surface area contributed by atoms with E-state index in [1.54, 1.807) is 7.11 Å². The lowest BCUT2D eigenvalue weighted by molar-refractivity contribution is -0.384. The summed E-state index contributed by atoms with van der Waals surface area (Å²) in [6, 6.07) is 4.24. The fraction of sp³-hybridized carbons (Fsp3) is 0.357. The van der Waals surface area contributed by atoms with E-state index in [9.17, 15) is 14.9 Å². The Kier molecular flexibility index (Phi) is 6.15. The van der Waals surface area contributed by atoms with Crippen molar-refractivity contribution < 1.29 is 14.5 Å². The molecule has 24 heavy (non-hydrogen) atoms. The van der Waals surface area contributed by atoms with Crippen LogP contribution in [-0.4, -0.2) is 41.3 Å². The van der Waals surface area contributed by atoms with Crippen molar-refractivity contribution in [3.63, 3.8) is 0 Å². The molecule has 0 fully saturated rings. The summed E-state index contributed by atoms with van der Waals surface area (Å²) in [6.07, 6.45) is 0.723. The highest BCUT2D eigenvalue weighted by Gasteiger charge is 2.18. The van der Waals surface area contributed by atoms with Crippen LogP contribution in [0.4, 0.5) is 16.5 Å². The molecule has 1 amide bonds. The van der Waals surface area contributed by atoms with Crippen LogP contribution in [0.15, 0.2) is 18.2 Å². The summed E-state index contributed by atoms with van der Waals surface area (Å²) in [5.41, 5.74) is 0.329. The molecule has 0 spiro atoms. The number of nitro groups is 1. The Labute approximate surface area is 142 Å². The van der Waals surface area contributed by atoms with Gasteiger partial charge in [-0.15, -0.1) is 10.2 Å². The zero-order chi connectivity index (χ0) is 17.5. The third-order valence-electron chi connectivity index (χ3n) is 3.07. The molecule has 1 aromatic heterocycles. The molecule has 0 aliphatic heterocycles. The van der Waals surface area contributed by atoms with Crippen molar-refractivity contribution in [2.24, 2.45) is 0 Å². The molecule has 0 saturated carbocycles. The number of carbonyl (C=O) groups excluding carboxylic acids is 1. The van der Waals surface area contributed by atoms with E-state index < -0.39 is 10.8 Å². The lowest BCUT2D eigenvalue weighted by atomic mass is 10.1. The Hall–Kier alpha value is -2.59. The van der Waals surface area contributed by atoms with Crippen LogP contribution in [0.1, 0.15) is 22.3 Å². The van der Waals surface area contributed by atoms with Gasteiger partial charge in [0.2, 0.25) is 5.13 Å². The summed E-state index contributed by atoms with van der Waals surface area (Å²) in [5, 5.41) is 25.6. The van der Waals surface area contributed by atoms with Crippen molar-refractivity contribution in [3.8, 4) is 0 Å². The van der Waals surface area contributed by atoms with Crippen LogP contribution in [0.2, 0.25) is 0 Å². The first-order valence-electron chi connectivity index (χ1n) is 7.20. The van der Waals surface area contributed by atoms with Gasteiger partial charge in [0.25, 0.3) is 11.6 Å². The fourth-order valence-corrected chi connectivity index (χ4v) is 2.55. The zero-order valence-corrected chi connectivity index (χ0v) is 14.1. The number of hydrogen-bond acceptors (Lipinski definition) is 8. The van der Waals surface area contributed by atoms with Crippen molar-refractivity contribution in [1.29, 1.82) is 0 Å². The highest BCUT2D eigenvalue weighted by Crippen LogP contribution is 2.26. The summed E-state index contributed by atoms with van der Waals surface area (Å²) < 4.78 is 4.90. The predicted molar refractivity (Wildman–Crippen MR) is 90.7 cm³/mol. The largest absolute Gasteiger partial charge is 0.383 e. The van der Waals surface area contributed by atoms with Gasteiger partial charge in [-0.2, -0.15) is 0 Å². The Balaban J connectivity index is 2.15. The Morgan fingerprint density at radius 3 is 2.83 bits per heavy atom. The Morgan fingerprint density at radius 2 is 2.21 bits per heavy atom. The molecule has 1 heterocycles. The number of rotatable bonds is 8. The maximum absolute atomic E-state index is 12.2. The zero-order valence-electron chi connectivity index (χ0n) is 13.2. The molecule has 0 unspecified atom stereocenters. The quantitative estimate of drug-likeness (QED) is 0.425. The number of nitro benzene ring substituents is 1. The molecule has 2 N–H and O–H groups in total. The van der Waals surface area contributed by atoms with Crippen molar-refractivity contribution in [1.82, 2.24) is 10.2 Å². The van der Waals surface area contributed by atoms with Crippen LogP contribution in [0, 0.1) is 10.1 Å². The average molecular weight is 351 g/mol. The SMILES string of the molecule is CCc1nnc(NC(=O)c2ccc(NCCOC)c([N+](=O)[O-])c2)s1. The first-order valence-corrected chi connectivity index (χ1v) is 8.01. The van der Waals surface area contributed by atoms with Crippen LogP contribution in [-0.2, 0) is 11.2 Å². The molecular formula is C14H17N5O4S. The number of nitrogens with one attached hydrogen (secondary N) is 2. The molecule has 0 aliphatic carbocycles. The maximum atomic E-state index is 12.2. The second-order valence-electron chi connectivity index (χ2n) is 4.72. The molecule has 128 valence electrons. The molecular weight excluding hydrogens is 334 g/mol. The number of methoxy groups -OCH3 is 1. The van der Waals surface area contributed by atoms with E-state index in [4.69, 9.17) is 4.74 Å². The number of aromatic nitrogens is 2. The number of anilines is 2. The minimum Gasteiger partial charge on any atom is -0.383 e. The lowest BCUT2D eigenvalue weighted by Gasteiger charge is -2.08. The molecule has 0 saturated heterocycles. The number of carbonyl (C=O) groups is 1. The van der Waals surface area contributed by atoms with Gasteiger partial charge in [-0.3, -0.25) is 20.2 Å². The monoisotopic (exact) mass is 351 g/mol. The molecule has 0 aliphatic rings. The summed E-state index contributed by atoms with van der Waals surface area (Å²) >= 11 is 1.27. The minimum atomic E-state index is -0.536. The van der Waals surface area contributed by atoms with Gasteiger partial charge in [-0.05, 0) is 18.6 Å².